The molecule has 0 radical (unpaired) electrons. The summed E-state index contributed by atoms with van der Waals surface area (Å²) in [6, 6.07) is 0. The summed E-state index contributed by atoms with van der Waals surface area (Å²) in [4.78, 5) is 0. The van der Waals surface area contributed by atoms with E-state index in [2.05, 4.69) is 19.1 Å². The summed E-state index contributed by atoms with van der Waals surface area (Å²) < 4.78 is 19.5. The second kappa shape index (κ2) is 9.09. The molecule has 0 fully saturated rings. The maximum absolute atomic E-state index is 6.05. The average Bonchev–Trinajstić information content (AvgIpc) is 2.86. The molecular weight excluding hydrogens is 276 g/mol. The Labute approximate surface area is 122 Å². The van der Waals surface area contributed by atoms with Crippen molar-refractivity contribution in [2.24, 2.45) is 0 Å². The molecule has 1 aliphatic carbocycles. The van der Waals surface area contributed by atoms with E-state index < -0.39 is 17.8 Å². The average molecular weight is 304 g/mol. The number of hydrogen-bond acceptors (Lipinski definition) is 3. The van der Waals surface area contributed by atoms with E-state index in [9.17, 15) is 0 Å². The third-order valence-electron chi connectivity index (χ3n) is 3.20. The van der Waals surface area contributed by atoms with Crippen LogP contribution in [0.3, 0.4) is 0 Å². The monoisotopic (exact) mass is 304 g/mol. The molecule has 0 N–H and O–H groups in total. The number of hydrogen-bond donors (Lipinski definition) is 0. The van der Waals surface area contributed by atoms with Crippen LogP contribution in [0.5, 0.6) is 0 Å². The van der Waals surface area contributed by atoms with E-state index in [4.69, 9.17) is 9.96 Å². The third-order valence-corrected chi connectivity index (χ3v) is 8.31. The fraction of sp³-hybridized carbons (Fsp3) is 0.733. The summed E-state index contributed by atoms with van der Waals surface area (Å²) in [7, 11) is 0. The summed E-state index contributed by atoms with van der Waals surface area (Å²) in [5.41, 5.74) is 1.40. The van der Waals surface area contributed by atoms with Gasteiger partial charge in [-0.15, -0.1) is 0 Å². The van der Waals surface area contributed by atoms with Crippen LogP contribution in [-0.2, 0) is 27.7 Å². The van der Waals surface area contributed by atoms with Gasteiger partial charge in [-0.25, -0.2) is 0 Å². The van der Waals surface area contributed by atoms with Gasteiger partial charge in [-0.2, -0.15) is 0 Å². The van der Waals surface area contributed by atoms with Gasteiger partial charge in [-0.05, 0) is 0 Å². The van der Waals surface area contributed by atoms with E-state index in [1.54, 1.807) is 0 Å². The minimum atomic E-state index is -3.25. The number of rotatable bonds is 10. The van der Waals surface area contributed by atoms with Gasteiger partial charge in [0.05, 0.1) is 0 Å². The SMILES string of the molecule is CCCCC1=[C]([Ti]([O]CC)([O]CC)[O]CC)CC=C1. The molecule has 110 valence electrons. The van der Waals surface area contributed by atoms with Crippen molar-refractivity contribution >= 4 is 0 Å². The first-order valence-electron chi connectivity index (χ1n) is 7.54. The van der Waals surface area contributed by atoms with Crippen molar-refractivity contribution in [2.75, 3.05) is 19.8 Å². The zero-order valence-corrected chi connectivity index (χ0v) is 14.4. The Hall–Kier alpha value is 0.0743. The second-order valence-electron chi connectivity index (χ2n) is 4.57. The van der Waals surface area contributed by atoms with Crippen LogP contribution in [0, 0.1) is 0 Å². The Kier molecular flexibility index (Phi) is 8.20. The normalized spacial score (nSPS) is 15.6. The Morgan fingerprint density at radius 2 is 1.58 bits per heavy atom. The number of unbranched alkanes of at least 4 members (excludes halogenated alkanes) is 1. The van der Waals surface area contributed by atoms with Crippen LogP contribution in [0.15, 0.2) is 21.6 Å². The predicted molar refractivity (Wildman–Crippen MR) is 75.2 cm³/mol. The van der Waals surface area contributed by atoms with E-state index in [1.807, 2.05) is 20.8 Å². The van der Waals surface area contributed by atoms with Gasteiger partial charge >= 0.3 is 123 Å². The molecule has 0 aromatic heterocycles. The van der Waals surface area contributed by atoms with Crippen molar-refractivity contribution in [1.29, 1.82) is 0 Å². The van der Waals surface area contributed by atoms with E-state index in [0.717, 1.165) is 12.8 Å². The third kappa shape index (κ3) is 4.54. The van der Waals surface area contributed by atoms with Crippen molar-refractivity contribution < 1.29 is 27.7 Å². The van der Waals surface area contributed by atoms with Gasteiger partial charge in [0.15, 0.2) is 0 Å². The predicted octanol–water partition coefficient (Wildman–Crippen LogP) is 4.40. The standard InChI is InChI=1S/C9H13.3C2H5O.Ti/c1-2-3-6-9-7-4-5-8-9;3*1-2-3;/h4,7H,2-3,5-6H2,1H3;3*2H2,1H3;/q;3*-1;+3. The molecule has 3 nitrogen and oxygen atoms in total. The fourth-order valence-corrected chi connectivity index (χ4v) is 6.93. The Morgan fingerprint density at radius 3 is 2.05 bits per heavy atom. The first kappa shape index (κ1) is 17.1. The molecule has 0 unspecified atom stereocenters. The van der Waals surface area contributed by atoms with Crippen LogP contribution in [0.1, 0.15) is 53.4 Å². The Balaban J connectivity index is 2.99. The van der Waals surface area contributed by atoms with Crippen molar-refractivity contribution in [3.63, 3.8) is 0 Å². The first-order chi connectivity index (χ1) is 9.24. The van der Waals surface area contributed by atoms with Gasteiger partial charge in [0.25, 0.3) is 0 Å². The van der Waals surface area contributed by atoms with Crippen LogP contribution in [0.2, 0.25) is 0 Å². The van der Waals surface area contributed by atoms with E-state index in [0.29, 0.717) is 19.8 Å². The minimum absolute atomic E-state index is 0.657. The number of allylic oxidation sites excluding steroid dienone is 4. The fourth-order valence-electron chi connectivity index (χ4n) is 2.43. The zero-order valence-electron chi connectivity index (χ0n) is 12.8. The van der Waals surface area contributed by atoms with Gasteiger partial charge in [-0.3, -0.25) is 0 Å². The molecule has 1 aliphatic rings. The summed E-state index contributed by atoms with van der Waals surface area (Å²) in [5, 5.41) is 0. The first-order valence-corrected chi connectivity index (χ1v) is 10.2. The summed E-state index contributed by atoms with van der Waals surface area (Å²) in [6.45, 7) is 10.3. The van der Waals surface area contributed by atoms with Crippen LogP contribution >= 0.6 is 0 Å². The van der Waals surface area contributed by atoms with Gasteiger partial charge < -0.3 is 0 Å². The molecule has 0 aromatic rings. The topological polar surface area (TPSA) is 27.7 Å². The van der Waals surface area contributed by atoms with Gasteiger partial charge in [0.1, 0.15) is 0 Å². The van der Waals surface area contributed by atoms with Gasteiger partial charge in [0, 0.05) is 0 Å². The molecule has 0 aliphatic heterocycles. The van der Waals surface area contributed by atoms with Crippen molar-refractivity contribution in [3.05, 3.63) is 21.6 Å². The van der Waals surface area contributed by atoms with Crippen LogP contribution in [0.4, 0.5) is 0 Å². The zero-order chi connectivity index (χ0) is 14.1. The molecule has 0 aromatic carbocycles. The molecule has 0 atom stereocenters. The summed E-state index contributed by atoms with van der Waals surface area (Å²) in [5.74, 6) is 0. The van der Waals surface area contributed by atoms with Gasteiger partial charge in [0.2, 0.25) is 0 Å². The summed E-state index contributed by atoms with van der Waals surface area (Å²) in [6.07, 6.45) is 8.94. The summed E-state index contributed by atoms with van der Waals surface area (Å²) >= 11 is -3.25. The molecule has 19 heavy (non-hydrogen) atoms. The van der Waals surface area contributed by atoms with Crippen molar-refractivity contribution in [2.45, 2.75) is 53.4 Å². The molecule has 0 spiro atoms. The Morgan fingerprint density at radius 1 is 1.00 bits per heavy atom. The molecular formula is C15H28O3Ti. The quantitative estimate of drug-likeness (QED) is 0.560. The van der Waals surface area contributed by atoms with Gasteiger partial charge in [-0.1, -0.05) is 0 Å². The van der Waals surface area contributed by atoms with E-state index in [-0.39, 0.29) is 0 Å². The van der Waals surface area contributed by atoms with Crippen molar-refractivity contribution in [3.8, 4) is 0 Å². The molecule has 1 rings (SSSR count). The molecule has 0 heterocycles. The van der Waals surface area contributed by atoms with E-state index in [1.165, 1.54) is 22.3 Å². The van der Waals surface area contributed by atoms with E-state index >= 15 is 0 Å². The second-order valence-corrected chi connectivity index (χ2v) is 8.60. The molecule has 0 bridgehead atoms. The maximum atomic E-state index is 6.05. The molecule has 0 amide bonds. The molecule has 0 saturated carbocycles. The van der Waals surface area contributed by atoms with Crippen molar-refractivity contribution in [1.82, 2.24) is 0 Å². The van der Waals surface area contributed by atoms with Crippen LogP contribution in [-0.4, -0.2) is 19.8 Å². The molecule has 0 saturated heterocycles. The van der Waals surface area contributed by atoms with Crippen LogP contribution < -0.4 is 0 Å². The molecule has 4 heteroatoms. The van der Waals surface area contributed by atoms with Crippen LogP contribution in [0.25, 0.3) is 0 Å². The Bertz CT molecular complexity index is 306.